The van der Waals surface area contributed by atoms with Crippen molar-refractivity contribution in [3.05, 3.63) is 21.5 Å². The van der Waals surface area contributed by atoms with Crippen molar-refractivity contribution in [3.8, 4) is 5.88 Å². The third-order valence-electron chi connectivity index (χ3n) is 1.26. The molecular formula is C7H8BrN2O3S-. The zero-order valence-corrected chi connectivity index (χ0v) is 9.96. The molecule has 1 aromatic heterocycles. The van der Waals surface area contributed by atoms with Gasteiger partial charge in [0, 0.05) is 16.9 Å². The van der Waals surface area contributed by atoms with Crippen molar-refractivity contribution in [2.75, 3.05) is 13.4 Å². The molecule has 1 heterocycles. The SMILES string of the molecule is COc1ncc(Br)cc1[N-]S(C)(=O)=O. The summed E-state index contributed by atoms with van der Waals surface area (Å²) in [7, 11) is -2.04. The van der Waals surface area contributed by atoms with E-state index in [1.807, 2.05) is 0 Å². The summed E-state index contributed by atoms with van der Waals surface area (Å²) in [6, 6.07) is 1.52. The van der Waals surface area contributed by atoms with E-state index in [-0.39, 0.29) is 11.6 Å². The van der Waals surface area contributed by atoms with Crippen molar-refractivity contribution in [2.45, 2.75) is 0 Å². The van der Waals surface area contributed by atoms with Crippen LogP contribution in [0.15, 0.2) is 16.7 Å². The fourth-order valence-electron chi connectivity index (χ4n) is 0.817. The first-order valence-electron chi connectivity index (χ1n) is 3.55. The molecule has 0 saturated heterocycles. The largest absolute Gasteiger partial charge is 0.573 e. The standard InChI is InChI=1S/C7H8BrN2O3S/c1-13-7-6(10-14(2,11)12)3-5(8)4-9-7/h3-4H,1-2H3/q-1. The van der Waals surface area contributed by atoms with E-state index in [2.05, 4.69) is 25.6 Å². The van der Waals surface area contributed by atoms with Gasteiger partial charge in [0.15, 0.2) is 5.88 Å². The summed E-state index contributed by atoms with van der Waals surface area (Å²) < 4.78 is 30.8. The maximum absolute atomic E-state index is 10.9. The van der Waals surface area contributed by atoms with Crippen molar-refractivity contribution in [2.24, 2.45) is 0 Å². The summed E-state index contributed by atoms with van der Waals surface area (Å²) in [5.74, 6) is 0.179. The molecule has 78 valence electrons. The summed E-state index contributed by atoms with van der Waals surface area (Å²) in [6.07, 6.45) is 2.51. The molecule has 0 amide bonds. The lowest BCUT2D eigenvalue weighted by atomic mass is 10.4. The molecule has 0 bridgehead atoms. The number of methoxy groups -OCH3 is 1. The molecule has 7 heteroatoms. The van der Waals surface area contributed by atoms with Gasteiger partial charge in [-0.3, -0.25) is 0 Å². The molecule has 0 spiro atoms. The van der Waals surface area contributed by atoms with E-state index >= 15 is 0 Å². The third-order valence-corrected chi connectivity index (χ3v) is 2.22. The molecule has 0 aliphatic heterocycles. The van der Waals surface area contributed by atoms with E-state index in [1.54, 1.807) is 0 Å². The number of nitrogens with zero attached hydrogens (tertiary/aromatic N) is 2. The minimum atomic E-state index is -3.44. The second kappa shape index (κ2) is 4.14. The molecule has 1 aromatic rings. The summed E-state index contributed by atoms with van der Waals surface area (Å²) in [4.78, 5) is 3.85. The molecule has 0 N–H and O–H groups in total. The molecule has 0 fully saturated rings. The van der Waals surface area contributed by atoms with Crippen LogP contribution in [0, 0.1) is 0 Å². The first kappa shape index (κ1) is 11.3. The summed E-state index contributed by atoms with van der Waals surface area (Å²) >= 11 is 3.16. The van der Waals surface area contributed by atoms with Crippen LogP contribution in [0.1, 0.15) is 0 Å². The molecule has 5 nitrogen and oxygen atoms in total. The topological polar surface area (TPSA) is 70.4 Å². The lowest BCUT2D eigenvalue weighted by molar-refractivity contribution is 0.400. The smallest absolute Gasteiger partial charge is 0.198 e. The number of rotatable bonds is 3. The number of sulfonamides is 1. The van der Waals surface area contributed by atoms with Gasteiger partial charge in [-0.2, -0.15) is 0 Å². The highest BCUT2D eigenvalue weighted by Gasteiger charge is 1.99. The summed E-state index contributed by atoms with van der Waals surface area (Å²) in [5.41, 5.74) is 0.185. The minimum Gasteiger partial charge on any atom is -0.573 e. The Bertz CT molecular complexity index is 433. The van der Waals surface area contributed by atoms with Gasteiger partial charge >= 0.3 is 0 Å². The van der Waals surface area contributed by atoms with Crippen LogP contribution in [0.25, 0.3) is 4.72 Å². The Labute approximate surface area is 90.7 Å². The Morgan fingerprint density at radius 1 is 1.57 bits per heavy atom. The average molecular weight is 280 g/mol. The van der Waals surface area contributed by atoms with Crippen molar-refractivity contribution in [1.29, 1.82) is 0 Å². The second-order valence-electron chi connectivity index (χ2n) is 2.51. The summed E-state index contributed by atoms with van der Waals surface area (Å²) in [6.45, 7) is 0. The van der Waals surface area contributed by atoms with Crippen LogP contribution >= 0.6 is 15.9 Å². The zero-order valence-electron chi connectivity index (χ0n) is 7.56. The van der Waals surface area contributed by atoms with Gasteiger partial charge in [0.2, 0.25) is 0 Å². The maximum Gasteiger partial charge on any atom is 0.198 e. The van der Waals surface area contributed by atoms with E-state index < -0.39 is 10.0 Å². The summed E-state index contributed by atoms with van der Waals surface area (Å²) in [5, 5.41) is 0. The second-order valence-corrected chi connectivity index (χ2v) is 5.07. The molecule has 0 aliphatic carbocycles. The molecule has 0 saturated carbocycles. The predicted molar refractivity (Wildman–Crippen MR) is 56.4 cm³/mol. The lowest BCUT2D eigenvalue weighted by Crippen LogP contribution is -1.94. The van der Waals surface area contributed by atoms with Crippen LogP contribution in [0.5, 0.6) is 5.88 Å². The van der Waals surface area contributed by atoms with Crippen LogP contribution < -0.4 is 4.74 Å². The Morgan fingerprint density at radius 3 is 2.71 bits per heavy atom. The van der Waals surface area contributed by atoms with E-state index in [0.717, 1.165) is 6.26 Å². The van der Waals surface area contributed by atoms with Crippen LogP contribution in [0.3, 0.4) is 0 Å². The first-order valence-corrected chi connectivity index (χ1v) is 6.19. The predicted octanol–water partition coefficient (Wildman–Crippen LogP) is 1.82. The molecule has 0 aromatic carbocycles. The molecule has 0 radical (unpaired) electrons. The van der Waals surface area contributed by atoms with Crippen molar-refractivity contribution >= 4 is 31.6 Å². The fraction of sp³-hybridized carbons (Fsp3) is 0.286. The van der Waals surface area contributed by atoms with Crippen molar-refractivity contribution in [3.63, 3.8) is 0 Å². The van der Waals surface area contributed by atoms with E-state index in [1.165, 1.54) is 19.4 Å². The molecule has 14 heavy (non-hydrogen) atoms. The van der Waals surface area contributed by atoms with Gasteiger partial charge in [-0.1, -0.05) is 11.8 Å². The number of pyridine rings is 1. The van der Waals surface area contributed by atoms with Gasteiger partial charge in [0.1, 0.15) is 0 Å². The number of aromatic nitrogens is 1. The van der Waals surface area contributed by atoms with E-state index in [9.17, 15) is 8.42 Å². The zero-order chi connectivity index (χ0) is 10.8. The molecule has 0 atom stereocenters. The van der Waals surface area contributed by atoms with E-state index in [4.69, 9.17) is 4.74 Å². The number of halogens is 1. The highest BCUT2D eigenvalue weighted by Crippen LogP contribution is 2.33. The van der Waals surface area contributed by atoms with Crippen molar-refractivity contribution in [1.82, 2.24) is 4.98 Å². The van der Waals surface area contributed by atoms with Crippen LogP contribution in [0.2, 0.25) is 0 Å². The first-order chi connectivity index (χ1) is 6.42. The van der Waals surface area contributed by atoms with Gasteiger partial charge in [-0.15, -0.1) is 0 Å². The van der Waals surface area contributed by atoms with Gasteiger partial charge in [-0.05, 0) is 15.9 Å². The molecule has 0 aliphatic rings. The number of hydrogen-bond donors (Lipinski definition) is 0. The quantitative estimate of drug-likeness (QED) is 0.846. The Kier molecular flexibility index (Phi) is 3.33. The monoisotopic (exact) mass is 279 g/mol. The van der Waals surface area contributed by atoms with Crippen LogP contribution in [-0.4, -0.2) is 26.8 Å². The maximum atomic E-state index is 10.9. The van der Waals surface area contributed by atoms with Crippen molar-refractivity contribution < 1.29 is 13.2 Å². The van der Waals surface area contributed by atoms with Gasteiger partial charge in [-0.25, -0.2) is 13.4 Å². The Morgan fingerprint density at radius 2 is 2.21 bits per heavy atom. The third kappa shape index (κ3) is 3.15. The highest BCUT2D eigenvalue weighted by atomic mass is 79.9. The van der Waals surface area contributed by atoms with Gasteiger partial charge in [0.05, 0.1) is 17.1 Å². The normalized spacial score (nSPS) is 11.1. The highest BCUT2D eigenvalue weighted by molar-refractivity contribution is 9.10. The van der Waals surface area contributed by atoms with Gasteiger partial charge in [0.25, 0.3) is 0 Å². The average Bonchev–Trinajstić information content (AvgIpc) is 2.01. The Hall–Kier alpha value is -0.820. The van der Waals surface area contributed by atoms with Crippen LogP contribution in [0.4, 0.5) is 5.69 Å². The molecule has 1 rings (SSSR count). The number of ether oxygens (including phenoxy) is 1. The van der Waals surface area contributed by atoms with E-state index in [0.29, 0.717) is 4.47 Å². The van der Waals surface area contributed by atoms with Gasteiger partial charge < -0.3 is 9.46 Å². The molecule has 0 unspecified atom stereocenters. The minimum absolute atomic E-state index is 0.179. The Balaban J connectivity index is 3.11. The lowest BCUT2D eigenvalue weighted by Gasteiger charge is -2.20. The molecular weight excluding hydrogens is 272 g/mol. The fourth-order valence-corrected chi connectivity index (χ4v) is 1.62. The van der Waals surface area contributed by atoms with Crippen LogP contribution in [-0.2, 0) is 10.0 Å². The number of hydrogen-bond acceptors (Lipinski definition) is 4.